The van der Waals surface area contributed by atoms with Crippen LogP contribution in [0, 0.1) is 5.92 Å². The molecule has 2 aliphatic rings. The average Bonchev–Trinajstić information content (AvgIpc) is 3.12. The first-order valence-electron chi connectivity index (χ1n) is 7.71. The number of benzene rings is 1. The van der Waals surface area contributed by atoms with Gasteiger partial charge in [-0.15, -0.1) is 0 Å². The molecule has 2 aliphatic carbocycles. The molecule has 3 rings (SSSR count). The minimum absolute atomic E-state index is 0.726. The van der Waals surface area contributed by atoms with Crippen LogP contribution in [-0.4, -0.2) is 12.6 Å². The van der Waals surface area contributed by atoms with Gasteiger partial charge in [0, 0.05) is 6.04 Å². The maximum absolute atomic E-state index is 3.75. The molecule has 0 aliphatic heterocycles. The summed E-state index contributed by atoms with van der Waals surface area (Å²) < 4.78 is 0. The number of rotatable bonds is 6. The summed E-state index contributed by atoms with van der Waals surface area (Å²) in [4.78, 5) is 0. The van der Waals surface area contributed by atoms with Gasteiger partial charge in [-0.1, -0.05) is 25.1 Å². The highest BCUT2D eigenvalue weighted by atomic mass is 14.9. The quantitative estimate of drug-likeness (QED) is 0.806. The van der Waals surface area contributed by atoms with Crippen molar-refractivity contribution >= 4 is 0 Å². The van der Waals surface area contributed by atoms with E-state index in [0.717, 1.165) is 12.0 Å². The van der Waals surface area contributed by atoms with E-state index in [1.54, 1.807) is 16.7 Å². The van der Waals surface area contributed by atoms with Crippen LogP contribution in [0.2, 0.25) is 0 Å². The molecule has 98 valence electrons. The normalized spacial score (nSPS) is 19.8. The Morgan fingerprint density at radius 2 is 2.06 bits per heavy atom. The zero-order chi connectivity index (χ0) is 12.4. The van der Waals surface area contributed by atoms with Crippen molar-refractivity contribution < 1.29 is 0 Å². The van der Waals surface area contributed by atoms with Crippen molar-refractivity contribution in [2.75, 3.05) is 6.54 Å². The topological polar surface area (TPSA) is 12.0 Å². The van der Waals surface area contributed by atoms with Crippen molar-refractivity contribution in [1.82, 2.24) is 5.32 Å². The molecule has 0 saturated heterocycles. The Bertz CT molecular complexity index is 406. The summed E-state index contributed by atoms with van der Waals surface area (Å²) in [6, 6.07) is 7.95. The summed E-state index contributed by atoms with van der Waals surface area (Å²) in [6.45, 7) is 3.43. The lowest BCUT2D eigenvalue weighted by molar-refractivity contribution is 0.460. The smallest absolute Gasteiger partial charge is 0.0136 e. The first kappa shape index (κ1) is 12.2. The molecule has 0 bridgehead atoms. The van der Waals surface area contributed by atoms with Gasteiger partial charge in [-0.25, -0.2) is 0 Å². The Morgan fingerprint density at radius 3 is 2.83 bits per heavy atom. The van der Waals surface area contributed by atoms with Crippen molar-refractivity contribution in [3.8, 4) is 0 Å². The van der Waals surface area contributed by atoms with Crippen LogP contribution in [-0.2, 0) is 19.3 Å². The van der Waals surface area contributed by atoms with Gasteiger partial charge in [0.15, 0.2) is 0 Å². The van der Waals surface area contributed by atoms with Gasteiger partial charge >= 0.3 is 0 Å². The molecule has 1 N–H and O–H groups in total. The van der Waals surface area contributed by atoms with E-state index in [2.05, 4.69) is 30.4 Å². The number of nitrogens with one attached hydrogen (secondary N) is 1. The third-order valence-electron chi connectivity index (χ3n) is 4.47. The first-order chi connectivity index (χ1) is 8.86. The molecule has 1 unspecified atom stereocenters. The lowest BCUT2D eigenvalue weighted by atomic mass is 9.98. The summed E-state index contributed by atoms with van der Waals surface area (Å²) in [6.07, 6.45) is 9.32. The molecule has 0 aromatic heterocycles. The summed E-state index contributed by atoms with van der Waals surface area (Å²) in [5.74, 6) is 0.949. The molecule has 0 amide bonds. The van der Waals surface area contributed by atoms with Gasteiger partial charge in [0.25, 0.3) is 0 Å². The Balaban J connectivity index is 1.66. The van der Waals surface area contributed by atoms with E-state index in [0.29, 0.717) is 0 Å². The second-order valence-electron chi connectivity index (χ2n) is 6.06. The average molecular weight is 243 g/mol. The zero-order valence-corrected chi connectivity index (χ0v) is 11.5. The number of fused-ring (bicyclic) bond motifs is 1. The van der Waals surface area contributed by atoms with Crippen molar-refractivity contribution in [1.29, 1.82) is 0 Å². The lowest BCUT2D eigenvalue weighted by Gasteiger charge is -2.18. The SMILES string of the molecule is CCCNC(Cc1ccc2c(c1)CCC2)C1CC1. The molecule has 0 radical (unpaired) electrons. The zero-order valence-electron chi connectivity index (χ0n) is 11.5. The van der Waals surface area contributed by atoms with E-state index in [-0.39, 0.29) is 0 Å². The maximum atomic E-state index is 3.75. The summed E-state index contributed by atoms with van der Waals surface area (Å²) >= 11 is 0. The van der Waals surface area contributed by atoms with Gasteiger partial charge < -0.3 is 5.32 Å². The summed E-state index contributed by atoms with van der Waals surface area (Å²) in [7, 11) is 0. The van der Waals surface area contributed by atoms with E-state index < -0.39 is 0 Å². The Labute approximate surface area is 111 Å². The van der Waals surface area contributed by atoms with Crippen molar-refractivity contribution in [3.63, 3.8) is 0 Å². The largest absolute Gasteiger partial charge is 0.313 e. The fraction of sp³-hybridized carbons (Fsp3) is 0.647. The molecule has 18 heavy (non-hydrogen) atoms. The van der Waals surface area contributed by atoms with Gasteiger partial charge in [0.2, 0.25) is 0 Å². The van der Waals surface area contributed by atoms with Crippen LogP contribution in [0.3, 0.4) is 0 Å². The second kappa shape index (κ2) is 5.44. The van der Waals surface area contributed by atoms with Crippen LogP contribution in [0.5, 0.6) is 0 Å². The number of hydrogen-bond donors (Lipinski definition) is 1. The molecule has 1 saturated carbocycles. The highest BCUT2D eigenvalue weighted by molar-refractivity contribution is 5.35. The molecule has 1 aromatic carbocycles. The minimum atomic E-state index is 0.726. The van der Waals surface area contributed by atoms with Crippen molar-refractivity contribution in [3.05, 3.63) is 34.9 Å². The van der Waals surface area contributed by atoms with Gasteiger partial charge in [-0.05, 0) is 74.1 Å². The van der Waals surface area contributed by atoms with E-state index >= 15 is 0 Å². The Morgan fingerprint density at radius 1 is 1.22 bits per heavy atom. The van der Waals surface area contributed by atoms with Gasteiger partial charge in [0.05, 0.1) is 0 Å². The molecule has 1 heteroatoms. The second-order valence-corrected chi connectivity index (χ2v) is 6.06. The van der Waals surface area contributed by atoms with Crippen LogP contribution < -0.4 is 5.32 Å². The number of aryl methyl sites for hydroxylation is 2. The molecular weight excluding hydrogens is 218 g/mol. The van der Waals surface area contributed by atoms with Crippen LogP contribution >= 0.6 is 0 Å². The highest BCUT2D eigenvalue weighted by Crippen LogP contribution is 2.34. The summed E-state index contributed by atoms with van der Waals surface area (Å²) in [5.41, 5.74) is 4.77. The van der Waals surface area contributed by atoms with Crippen molar-refractivity contribution in [2.45, 2.75) is 57.9 Å². The van der Waals surface area contributed by atoms with E-state index in [4.69, 9.17) is 0 Å². The summed E-state index contributed by atoms with van der Waals surface area (Å²) in [5, 5.41) is 3.75. The molecule has 1 aromatic rings. The van der Waals surface area contributed by atoms with E-state index in [1.807, 2.05) is 0 Å². The van der Waals surface area contributed by atoms with Gasteiger partial charge in [-0.3, -0.25) is 0 Å². The third kappa shape index (κ3) is 2.77. The Kier molecular flexibility index (Phi) is 3.69. The van der Waals surface area contributed by atoms with Crippen LogP contribution in [0.4, 0.5) is 0 Å². The predicted octanol–water partition coefficient (Wildman–Crippen LogP) is 3.50. The highest BCUT2D eigenvalue weighted by Gasteiger charge is 2.30. The fourth-order valence-electron chi connectivity index (χ4n) is 3.24. The fourth-order valence-corrected chi connectivity index (χ4v) is 3.24. The molecule has 1 atom stereocenters. The molecule has 1 fully saturated rings. The minimum Gasteiger partial charge on any atom is -0.313 e. The standard InChI is InChI=1S/C17H25N/c1-2-10-18-17(15-8-9-15)12-13-6-7-14-4-3-5-16(14)11-13/h6-7,11,15,17-18H,2-5,8-10,12H2,1H3. The van der Waals surface area contributed by atoms with Gasteiger partial charge in [0.1, 0.15) is 0 Å². The number of hydrogen-bond acceptors (Lipinski definition) is 1. The van der Waals surface area contributed by atoms with Crippen molar-refractivity contribution in [2.24, 2.45) is 5.92 Å². The predicted molar refractivity (Wildman–Crippen MR) is 77.0 cm³/mol. The maximum Gasteiger partial charge on any atom is 0.0136 e. The molecule has 0 spiro atoms. The van der Waals surface area contributed by atoms with Gasteiger partial charge in [-0.2, -0.15) is 0 Å². The molecule has 1 nitrogen and oxygen atoms in total. The molecular formula is C17H25N. The van der Waals surface area contributed by atoms with E-state index in [9.17, 15) is 0 Å². The lowest BCUT2D eigenvalue weighted by Crippen LogP contribution is -2.33. The third-order valence-corrected chi connectivity index (χ3v) is 4.47. The molecule has 0 heterocycles. The van der Waals surface area contributed by atoms with E-state index in [1.165, 1.54) is 51.5 Å². The monoisotopic (exact) mass is 243 g/mol. The van der Waals surface area contributed by atoms with Crippen LogP contribution in [0.1, 0.15) is 49.3 Å². The van der Waals surface area contributed by atoms with Crippen LogP contribution in [0.15, 0.2) is 18.2 Å². The van der Waals surface area contributed by atoms with Crippen LogP contribution in [0.25, 0.3) is 0 Å². The Hall–Kier alpha value is -0.820. The first-order valence-corrected chi connectivity index (χ1v) is 7.71.